The fourth-order valence-electron chi connectivity index (χ4n) is 3.91. The van der Waals surface area contributed by atoms with Gasteiger partial charge in [-0.3, -0.25) is 9.69 Å². The summed E-state index contributed by atoms with van der Waals surface area (Å²) in [7, 11) is 3.23. The molecule has 5 nitrogen and oxygen atoms in total. The van der Waals surface area contributed by atoms with Crippen molar-refractivity contribution in [1.82, 2.24) is 4.90 Å². The highest BCUT2D eigenvalue weighted by Gasteiger charge is 2.32. The predicted octanol–water partition coefficient (Wildman–Crippen LogP) is 5.14. The normalized spacial score (nSPS) is 15.9. The SMILES string of the molecule is COc1cc2c(cc1OC)[C@H](c1cccs1)N(CC(=O)Nc1ccc(Cl)cc1F)CC2. The van der Waals surface area contributed by atoms with Crippen LogP contribution in [0.4, 0.5) is 10.1 Å². The number of carbonyl (C=O) groups is 1. The van der Waals surface area contributed by atoms with E-state index in [9.17, 15) is 9.18 Å². The second-order valence-electron chi connectivity index (χ2n) is 7.22. The standard InChI is InChI=1S/C23H22ClFN2O3S/c1-29-19-10-14-7-8-27(13-22(28)26-18-6-5-15(24)11-17(18)25)23(21-4-3-9-31-21)16(14)12-20(19)30-2/h3-6,9-12,23H,7-8,13H2,1-2H3,(H,26,28)/t23-/m1/s1. The van der Waals surface area contributed by atoms with Crippen molar-refractivity contribution in [2.75, 3.05) is 32.6 Å². The van der Waals surface area contributed by atoms with Crippen LogP contribution in [0.2, 0.25) is 5.02 Å². The molecule has 8 heteroatoms. The first-order valence-electron chi connectivity index (χ1n) is 9.77. The zero-order valence-corrected chi connectivity index (χ0v) is 18.7. The van der Waals surface area contributed by atoms with Gasteiger partial charge in [0.15, 0.2) is 11.5 Å². The monoisotopic (exact) mass is 460 g/mol. The molecule has 31 heavy (non-hydrogen) atoms. The van der Waals surface area contributed by atoms with Crippen LogP contribution < -0.4 is 14.8 Å². The number of halogens is 2. The first kappa shape index (κ1) is 21.6. The lowest BCUT2D eigenvalue weighted by molar-refractivity contribution is -0.117. The average molecular weight is 461 g/mol. The summed E-state index contributed by atoms with van der Waals surface area (Å²) in [6, 6.07) is 12.1. The molecule has 0 radical (unpaired) electrons. The summed E-state index contributed by atoms with van der Waals surface area (Å²) < 4.78 is 25.1. The van der Waals surface area contributed by atoms with Crippen molar-refractivity contribution < 1.29 is 18.7 Å². The summed E-state index contributed by atoms with van der Waals surface area (Å²) in [4.78, 5) is 16.0. The Labute approximate surface area is 189 Å². The topological polar surface area (TPSA) is 50.8 Å². The van der Waals surface area contributed by atoms with E-state index in [1.165, 1.54) is 12.1 Å². The van der Waals surface area contributed by atoms with Crippen LogP contribution in [0, 0.1) is 5.82 Å². The van der Waals surface area contributed by atoms with Gasteiger partial charge in [-0.05, 0) is 59.3 Å². The van der Waals surface area contributed by atoms with Gasteiger partial charge in [-0.2, -0.15) is 0 Å². The Morgan fingerprint density at radius 1 is 1.23 bits per heavy atom. The van der Waals surface area contributed by atoms with E-state index in [1.807, 2.05) is 23.6 Å². The predicted molar refractivity (Wildman–Crippen MR) is 121 cm³/mol. The van der Waals surface area contributed by atoms with Crippen molar-refractivity contribution >= 4 is 34.5 Å². The molecule has 3 aromatic rings. The lowest BCUT2D eigenvalue weighted by Crippen LogP contribution is -2.41. The first-order valence-corrected chi connectivity index (χ1v) is 11.0. The number of amides is 1. The van der Waals surface area contributed by atoms with E-state index in [2.05, 4.69) is 16.3 Å². The van der Waals surface area contributed by atoms with Gasteiger partial charge in [-0.1, -0.05) is 17.7 Å². The van der Waals surface area contributed by atoms with Crippen molar-refractivity contribution in [3.8, 4) is 11.5 Å². The van der Waals surface area contributed by atoms with Gasteiger partial charge in [0.05, 0.1) is 32.5 Å². The molecule has 2 heterocycles. The maximum Gasteiger partial charge on any atom is 0.238 e. The van der Waals surface area contributed by atoms with Crippen LogP contribution in [-0.4, -0.2) is 38.1 Å². The van der Waals surface area contributed by atoms with E-state index in [1.54, 1.807) is 31.6 Å². The molecule has 162 valence electrons. The molecule has 0 unspecified atom stereocenters. The van der Waals surface area contributed by atoms with E-state index < -0.39 is 5.82 Å². The smallest absolute Gasteiger partial charge is 0.238 e. The molecule has 1 aromatic heterocycles. The van der Waals surface area contributed by atoms with Crippen molar-refractivity contribution in [1.29, 1.82) is 0 Å². The number of fused-ring (bicyclic) bond motifs is 1. The second-order valence-corrected chi connectivity index (χ2v) is 8.63. The van der Waals surface area contributed by atoms with Crippen LogP contribution in [0.1, 0.15) is 22.0 Å². The van der Waals surface area contributed by atoms with Gasteiger partial charge in [0, 0.05) is 16.4 Å². The molecule has 0 fully saturated rings. The Balaban J connectivity index is 1.62. The Morgan fingerprint density at radius 2 is 2.00 bits per heavy atom. The third-order valence-electron chi connectivity index (χ3n) is 5.34. The van der Waals surface area contributed by atoms with Gasteiger partial charge in [-0.25, -0.2) is 4.39 Å². The van der Waals surface area contributed by atoms with Crippen molar-refractivity contribution in [3.63, 3.8) is 0 Å². The van der Waals surface area contributed by atoms with Crippen molar-refractivity contribution in [3.05, 3.63) is 74.7 Å². The summed E-state index contributed by atoms with van der Waals surface area (Å²) >= 11 is 7.44. The molecule has 1 aliphatic rings. The van der Waals surface area contributed by atoms with Crippen molar-refractivity contribution in [2.24, 2.45) is 0 Å². The van der Waals surface area contributed by atoms with Crippen molar-refractivity contribution in [2.45, 2.75) is 12.5 Å². The summed E-state index contributed by atoms with van der Waals surface area (Å²) in [6.45, 7) is 0.806. The fraction of sp³-hybridized carbons (Fsp3) is 0.261. The molecule has 0 bridgehead atoms. The fourth-order valence-corrected chi connectivity index (χ4v) is 4.95. The van der Waals surface area contributed by atoms with Crippen LogP contribution in [0.5, 0.6) is 11.5 Å². The molecule has 0 saturated carbocycles. The van der Waals surface area contributed by atoms with E-state index in [4.69, 9.17) is 21.1 Å². The van der Waals surface area contributed by atoms with Gasteiger partial charge in [0.2, 0.25) is 5.91 Å². The molecular formula is C23H22ClFN2O3S. The van der Waals surface area contributed by atoms with E-state index >= 15 is 0 Å². The second kappa shape index (κ2) is 9.26. The summed E-state index contributed by atoms with van der Waals surface area (Å²) in [5.41, 5.74) is 2.36. The number of carbonyl (C=O) groups excluding carboxylic acids is 1. The molecule has 1 N–H and O–H groups in total. The molecule has 0 aliphatic carbocycles. The Bertz CT molecular complexity index is 1090. The highest BCUT2D eigenvalue weighted by molar-refractivity contribution is 7.10. The largest absolute Gasteiger partial charge is 0.493 e. The minimum atomic E-state index is -0.559. The number of nitrogens with one attached hydrogen (secondary N) is 1. The molecule has 0 spiro atoms. The molecule has 0 saturated heterocycles. The number of rotatable bonds is 6. The van der Waals surface area contributed by atoms with Gasteiger partial charge < -0.3 is 14.8 Å². The van der Waals surface area contributed by atoms with E-state index in [-0.39, 0.29) is 29.2 Å². The van der Waals surface area contributed by atoms with Crippen LogP contribution in [0.3, 0.4) is 0 Å². The number of anilines is 1. The number of thiophene rings is 1. The highest BCUT2D eigenvalue weighted by Crippen LogP contribution is 2.42. The lowest BCUT2D eigenvalue weighted by atomic mass is 9.91. The molecule has 2 aromatic carbocycles. The van der Waals surface area contributed by atoms with E-state index in [0.717, 1.165) is 22.4 Å². The number of methoxy groups -OCH3 is 2. The zero-order valence-electron chi connectivity index (χ0n) is 17.2. The van der Waals surface area contributed by atoms with Crippen LogP contribution >= 0.6 is 22.9 Å². The van der Waals surface area contributed by atoms with Crippen LogP contribution in [0.25, 0.3) is 0 Å². The number of ether oxygens (including phenoxy) is 2. The molecule has 1 aliphatic heterocycles. The quantitative estimate of drug-likeness (QED) is 0.553. The lowest BCUT2D eigenvalue weighted by Gasteiger charge is -2.37. The summed E-state index contributed by atoms with van der Waals surface area (Å²) in [5.74, 6) is 0.496. The number of hydrogen-bond acceptors (Lipinski definition) is 5. The minimum absolute atomic E-state index is 0.107. The molecule has 1 atom stereocenters. The van der Waals surface area contributed by atoms with Crippen LogP contribution in [0.15, 0.2) is 47.8 Å². The highest BCUT2D eigenvalue weighted by atomic mass is 35.5. The van der Waals surface area contributed by atoms with Gasteiger partial charge >= 0.3 is 0 Å². The van der Waals surface area contributed by atoms with Gasteiger partial charge in [0.1, 0.15) is 5.82 Å². The number of nitrogens with zero attached hydrogens (tertiary/aromatic N) is 1. The molecule has 1 amide bonds. The van der Waals surface area contributed by atoms with E-state index in [0.29, 0.717) is 18.0 Å². The Morgan fingerprint density at radius 3 is 2.68 bits per heavy atom. The van der Waals surface area contributed by atoms with Gasteiger partial charge in [-0.15, -0.1) is 11.3 Å². The summed E-state index contributed by atoms with van der Waals surface area (Å²) in [6.07, 6.45) is 0.764. The number of benzene rings is 2. The minimum Gasteiger partial charge on any atom is -0.493 e. The summed E-state index contributed by atoms with van der Waals surface area (Å²) in [5, 5.41) is 4.96. The Hall–Kier alpha value is -2.61. The third-order valence-corrected chi connectivity index (χ3v) is 6.50. The van der Waals surface area contributed by atoms with Gasteiger partial charge in [0.25, 0.3) is 0 Å². The van der Waals surface area contributed by atoms with Crippen LogP contribution in [-0.2, 0) is 11.2 Å². The maximum absolute atomic E-state index is 14.1. The first-order chi connectivity index (χ1) is 15.0. The zero-order chi connectivity index (χ0) is 22.0. The maximum atomic E-state index is 14.1. The number of hydrogen-bond donors (Lipinski definition) is 1. The molecular weight excluding hydrogens is 439 g/mol. The average Bonchev–Trinajstić information content (AvgIpc) is 3.29. The molecule has 4 rings (SSSR count). The third kappa shape index (κ3) is 4.54. The Kier molecular flexibility index (Phi) is 6.46.